The number of nitrogens with zero attached hydrogens (tertiary/aromatic N) is 2. The van der Waals surface area contributed by atoms with Crippen molar-refractivity contribution >= 4 is 12.0 Å². The summed E-state index contributed by atoms with van der Waals surface area (Å²) in [5, 5.41) is 10.7. The lowest BCUT2D eigenvalue weighted by Gasteiger charge is -2.24. The van der Waals surface area contributed by atoms with E-state index in [0.717, 1.165) is 25.7 Å². The SMILES string of the molecule is COc1cccnc1Cc1nc(NC2CCCOC2)c(C=N)c(=O)[nH]1. The fourth-order valence-corrected chi connectivity index (χ4v) is 2.81. The zero-order valence-electron chi connectivity index (χ0n) is 14.0. The van der Waals surface area contributed by atoms with Gasteiger partial charge in [0.25, 0.3) is 5.56 Å². The molecule has 1 atom stereocenters. The van der Waals surface area contributed by atoms with Crippen LogP contribution in [0.5, 0.6) is 5.75 Å². The van der Waals surface area contributed by atoms with Crippen LogP contribution in [0.1, 0.15) is 29.9 Å². The Morgan fingerprint density at radius 3 is 3.16 bits per heavy atom. The predicted molar refractivity (Wildman–Crippen MR) is 93.8 cm³/mol. The number of aromatic amines is 1. The highest BCUT2D eigenvalue weighted by Gasteiger charge is 2.18. The Kier molecular flexibility index (Phi) is 5.39. The van der Waals surface area contributed by atoms with Gasteiger partial charge in [-0.15, -0.1) is 0 Å². The molecule has 3 heterocycles. The van der Waals surface area contributed by atoms with Crippen LogP contribution in [0.25, 0.3) is 0 Å². The van der Waals surface area contributed by atoms with E-state index < -0.39 is 0 Å². The summed E-state index contributed by atoms with van der Waals surface area (Å²) in [6, 6.07) is 3.68. The molecule has 3 rings (SSSR count). The normalized spacial score (nSPS) is 17.1. The number of rotatable bonds is 6. The Labute approximate surface area is 145 Å². The predicted octanol–water partition coefficient (Wildman–Crippen LogP) is 1.35. The fraction of sp³-hybridized carbons (Fsp3) is 0.412. The highest BCUT2D eigenvalue weighted by Crippen LogP contribution is 2.18. The van der Waals surface area contributed by atoms with Crippen LogP contribution >= 0.6 is 0 Å². The quantitative estimate of drug-likeness (QED) is 0.683. The zero-order valence-corrected chi connectivity index (χ0v) is 14.0. The first-order valence-corrected chi connectivity index (χ1v) is 8.17. The summed E-state index contributed by atoms with van der Waals surface area (Å²) in [5.74, 6) is 1.50. The van der Waals surface area contributed by atoms with Gasteiger partial charge in [-0.25, -0.2) is 4.98 Å². The first kappa shape index (κ1) is 17.1. The van der Waals surface area contributed by atoms with Crippen LogP contribution in [-0.4, -0.2) is 47.5 Å². The van der Waals surface area contributed by atoms with Crippen molar-refractivity contribution in [2.24, 2.45) is 0 Å². The molecule has 0 saturated carbocycles. The van der Waals surface area contributed by atoms with Gasteiger partial charge in [0.15, 0.2) is 0 Å². The molecule has 0 radical (unpaired) electrons. The Bertz CT molecular complexity index is 799. The number of H-pyrrole nitrogens is 1. The first-order valence-electron chi connectivity index (χ1n) is 8.17. The Balaban J connectivity index is 1.89. The topological polar surface area (TPSA) is 113 Å². The van der Waals surface area contributed by atoms with E-state index in [1.54, 1.807) is 19.4 Å². The third kappa shape index (κ3) is 4.03. The molecule has 1 fully saturated rings. The molecule has 2 aromatic rings. The van der Waals surface area contributed by atoms with Gasteiger partial charge in [0.2, 0.25) is 0 Å². The average Bonchev–Trinajstić information content (AvgIpc) is 2.63. The van der Waals surface area contributed by atoms with E-state index in [-0.39, 0.29) is 17.2 Å². The van der Waals surface area contributed by atoms with Crippen LogP contribution in [0.4, 0.5) is 5.82 Å². The molecule has 0 aliphatic carbocycles. The number of aromatic nitrogens is 3. The summed E-state index contributed by atoms with van der Waals surface area (Å²) < 4.78 is 10.7. The third-order valence-corrected chi connectivity index (χ3v) is 4.05. The summed E-state index contributed by atoms with van der Waals surface area (Å²) in [6.07, 6.45) is 4.91. The standard InChI is InChI=1S/C17H21N5O3/c1-24-14-5-2-6-19-13(14)8-15-21-16(12(9-18)17(23)22-15)20-11-4-3-7-25-10-11/h2,5-6,9,11,18H,3-4,7-8,10H2,1H3,(H2,20,21,22,23). The number of nitrogens with one attached hydrogen (secondary N) is 3. The van der Waals surface area contributed by atoms with E-state index in [2.05, 4.69) is 20.3 Å². The van der Waals surface area contributed by atoms with Gasteiger partial charge < -0.3 is 25.2 Å². The summed E-state index contributed by atoms with van der Waals surface area (Å²) >= 11 is 0. The molecular formula is C17H21N5O3. The number of hydrogen-bond donors (Lipinski definition) is 3. The lowest BCUT2D eigenvalue weighted by molar-refractivity contribution is 0.0875. The van der Waals surface area contributed by atoms with E-state index >= 15 is 0 Å². The van der Waals surface area contributed by atoms with Gasteiger partial charge in [-0.3, -0.25) is 9.78 Å². The van der Waals surface area contributed by atoms with Gasteiger partial charge in [0, 0.05) is 19.0 Å². The monoisotopic (exact) mass is 343 g/mol. The van der Waals surface area contributed by atoms with Crippen molar-refractivity contribution in [1.82, 2.24) is 15.0 Å². The molecule has 132 valence electrons. The summed E-state index contributed by atoms with van der Waals surface area (Å²) in [5.41, 5.74) is 0.541. The van der Waals surface area contributed by atoms with Crippen molar-refractivity contribution < 1.29 is 9.47 Å². The van der Waals surface area contributed by atoms with E-state index in [9.17, 15) is 4.79 Å². The Morgan fingerprint density at radius 2 is 2.44 bits per heavy atom. The van der Waals surface area contributed by atoms with Gasteiger partial charge in [-0.2, -0.15) is 0 Å². The zero-order chi connectivity index (χ0) is 17.6. The Morgan fingerprint density at radius 1 is 1.56 bits per heavy atom. The molecule has 25 heavy (non-hydrogen) atoms. The van der Waals surface area contributed by atoms with Crippen molar-refractivity contribution in [3.63, 3.8) is 0 Å². The molecule has 2 aromatic heterocycles. The molecule has 1 unspecified atom stereocenters. The van der Waals surface area contributed by atoms with Crippen molar-refractivity contribution in [3.8, 4) is 5.75 Å². The van der Waals surface area contributed by atoms with Gasteiger partial charge >= 0.3 is 0 Å². The van der Waals surface area contributed by atoms with Gasteiger partial charge in [-0.1, -0.05) is 0 Å². The summed E-state index contributed by atoms with van der Waals surface area (Å²) in [7, 11) is 1.57. The van der Waals surface area contributed by atoms with E-state index in [0.29, 0.717) is 36.1 Å². The number of methoxy groups -OCH3 is 1. The number of anilines is 1. The summed E-state index contributed by atoms with van der Waals surface area (Å²) in [6.45, 7) is 1.32. The lowest BCUT2D eigenvalue weighted by atomic mass is 10.1. The van der Waals surface area contributed by atoms with Crippen LogP contribution in [0.2, 0.25) is 0 Å². The highest BCUT2D eigenvalue weighted by molar-refractivity contribution is 5.83. The molecule has 0 spiro atoms. The molecule has 0 aromatic carbocycles. The maximum absolute atomic E-state index is 12.3. The fourth-order valence-electron chi connectivity index (χ4n) is 2.81. The first-order chi connectivity index (χ1) is 12.2. The van der Waals surface area contributed by atoms with Crippen molar-refractivity contribution in [2.75, 3.05) is 25.6 Å². The van der Waals surface area contributed by atoms with Crippen molar-refractivity contribution in [2.45, 2.75) is 25.3 Å². The number of pyridine rings is 1. The third-order valence-electron chi connectivity index (χ3n) is 4.05. The molecule has 1 aliphatic heterocycles. The minimum Gasteiger partial charge on any atom is -0.495 e. The molecule has 3 N–H and O–H groups in total. The number of ether oxygens (including phenoxy) is 2. The number of hydrogen-bond acceptors (Lipinski definition) is 7. The Hall–Kier alpha value is -2.74. The highest BCUT2D eigenvalue weighted by atomic mass is 16.5. The average molecular weight is 343 g/mol. The lowest BCUT2D eigenvalue weighted by Crippen LogP contribution is -2.32. The second kappa shape index (κ2) is 7.89. The van der Waals surface area contributed by atoms with Crippen molar-refractivity contribution in [3.05, 3.63) is 45.8 Å². The van der Waals surface area contributed by atoms with Gasteiger partial charge in [0.1, 0.15) is 17.4 Å². The van der Waals surface area contributed by atoms with Crippen molar-refractivity contribution in [1.29, 1.82) is 5.41 Å². The molecule has 8 nitrogen and oxygen atoms in total. The summed E-state index contributed by atoms with van der Waals surface area (Å²) in [4.78, 5) is 23.8. The molecule has 1 aliphatic rings. The molecule has 0 bridgehead atoms. The molecular weight excluding hydrogens is 322 g/mol. The smallest absolute Gasteiger partial charge is 0.261 e. The van der Waals surface area contributed by atoms with Crippen LogP contribution in [0.15, 0.2) is 23.1 Å². The maximum Gasteiger partial charge on any atom is 0.261 e. The van der Waals surface area contributed by atoms with E-state index in [4.69, 9.17) is 14.9 Å². The maximum atomic E-state index is 12.3. The molecule has 0 amide bonds. The second-order valence-electron chi connectivity index (χ2n) is 5.81. The second-order valence-corrected chi connectivity index (χ2v) is 5.81. The van der Waals surface area contributed by atoms with Crippen LogP contribution < -0.4 is 15.6 Å². The van der Waals surface area contributed by atoms with Gasteiger partial charge in [-0.05, 0) is 25.0 Å². The van der Waals surface area contributed by atoms with E-state index in [1.165, 1.54) is 0 Å². The van der Waals surface area contributed by atoms with Crippen LogP contribution in [0.3, 0.4) is 0 Å². The molecule has 8 heteroatoms. The largest absolute Gasteiger partial charge is 0.495 e. The minimum atomic E-state index is -0.353. The van der Waals surface area contributed by atoms with Crippen LogP contribution in [0, 0.1) is 5.41 Å². The van der Waals surface area contributed by atoms with E-state index in [1.807, 2.05) is 6.07 Å². The minimum absolute atomic E-state index is 0.0824. The molecule has 1 saturated heterocycles. The van der Waals surface area contributed by atoms with Crippen LogP contribution in [-0.2, 0) is 11.2 Å². The van der Waals surface area contributed by atoms with Gasteiger partial charge in [0.05, 0.1) is 37.4 Å².